The van der Waals surface area contributed by atoms with E-state index in [1.165, 1.54) is 12.1 Å². The van der Waals surface area contributed by atoms with Crippen molar-refractivity contribution in [3.05, 3.63) is 24.0 Å². The predicted octanol–water partition coefficient (Wildman–Crippen LogP) is 2.44. The summed E-state index contributed by atoms with van der Waals surface area (Å²) >= 11 is 0. The molecule has 1 aliphatic rings. The van der Waals surface area contributed by atoms with Gasteiger partial charge in [0.15, 0.2) is 5.58 Å². The Bertz CT molecular complexity index is 622. The number of hydrogen-bond acceptors (Lipinski definition) is 4. The lowest BCUT2D eigenvalue weighted by atomic mass is 10.3. The van der Waals surface area contributed by atoms with E-state index in [0.717, 1.165) is 12.8 Å². The third-order valence-corrected chi connectivity index (χ3v) is 3.15. The molecule has 2 N–H and O–H groups in total. The monoisotopic (exact) mass is 277 g/mol. The second kappa shape index (κ2) is 5.48. The van der Waals surface area contributed by atoms with Gasteiger partial charge in [0, 0.05) is 25.1 Å². The average molecular weight is 277 g/mol. The maximum absolute atomic E-state index is 13.0. The van der Waals surface area contributed by atoms with Gasteiger partial charge in [0.25, 0.3) is 6.01 Å². The minimum Gasteiger partial charge on any atom is -0.424 e. The van der Waals surface area contributed by atoms with Crippen LogP contribution in [0.4, 0.5) is 10.4 Å². The molecule has 1 saturated carbocycles. The van der Waals surface area contributed by atoms with Gasteiger partial charge in [0.05, 0.1) is 0 Å². The van der Waals surface area contributed by atoms with Crippen molar-refractivity contribution in [2.75, 3.05) is 11.9 Å². The van der Waals surface area contributed by atoms with Crippen LogP contribution in [0.15, 0.2) is 22.6 Å². The molecule has 20 heavy (non-hydrogen) atoms. The Kier molecular flexibility index (Phi) is 3.54. The molecule has 1 aliphatic carbocycles. The van der Waals surface area contributed by atoms with E-state index in [0.29, 0.717) is 42.5 Å². The molecule has 5 nitrogen and oxygen atoms in total. The normalized spacial score (nSPS) is 14.4. The third-order valence-electron chi connectivity index (χ3n) is 3.15. The minimum absolute atomic E-state index is 0.0916. The number of rotatable bonds is 6. The third kappa shape index (κ3) is 3.26. The first-order valence-corrected chi connectivity index (χ1v) is 6.80. The van der Waals surface area contributed by atoms with Crippen LogP contribution in [0.3, 0.4) is 0 Å². The van der Waals surface area contributed by atoms with Crippen LogP contribution in [0.1, 0.15) is 25.7 Å². The van der Waals surface area contributed by atoms with Crippen molar-refractivity contribution >= 4 is 23.0 Å². The second-order valence-corrected chi connectivity index (χ2v) is 5.00. The number of carbonyl (C=O) groups excluding carboxylic acids is 1. The highest BCUT2D eigenvalue weighted by atomic mass is 19.1. The molecule has 2 aromatic rings. The summed E-state index contributed by atoms with van der Waals surface area (Å²) in [4.78, 5) is 15.6. The number of fused-ring (bicyclic) bond motifs is 1. The summed E-state index contributed by atoms with van der Waals surface area (Å²) in [5.74, 6) is -0.247. The van der Waals surface area contributed by atoms with E-state index in [-0.39, 0.29) is 11.7 Å². The lowest BCUT2D eigenvalue weighted by Gasteiger charge is -2.03. The number of carbonyl (C=O) groups is 1. The van der Waals surface area contributed by atoms with Crippen LogP contribution in [0, 0.1) is 5.82 Å². The number of nitrogens with one attached hydrogen (secondary N) is 2. The van der Waals surface area contributed by atoms with Crippen molar-refractivity contribution in [3.63, 3.8) is 0 Å². The van der Waals surface area contributed by atoms with E-state index in [2.05, 4.69) is 15.6 Å². The van der Waals surface area contributed by atoms with E-state index < -0.39 is 0 Å². The van der Waals surface area contributed by atoms with Crippen LogP contribution < -0.4 is 10.6 Å². The summed E-state index contributed by atoms with van der Waals surface area (Å²) in [5.41, 5.74) is 1.03. The molecule has 1 aromatic heterocycles. The Morgan fingerprint density at radius 1 is 1.45 bits per heavy atom. The number of amides is 1. The van der Waals surface area contributed by atoms with Crippen molar-refractivity contribution in [2.24, 2.45) is 0 Å². The van der Waals surface area contributed by atoms with E-state index in [9.17, 15) is 9.18 Å². The average Bonchev–Trinajstić information content (AvgIpc) is 3.12. The lowest BCUT2D eigenvalue weighted by molar-refractivity contribution is -0.121. The zero-order chi connectivity index (χ0) is 13.9. The van der Waals surface area contributed by atoms with Gasteiger partial charge in [0.1, 0.15) is 11.3 Å². The maximum Gasteiger partial charge on any atom is 0.295 e. The number of nitrogens with zero attached hydrogens (tertiary/aromatic N) is 1. The Labute approximate surface area is 115 Å². The molecule has 0 saturated heterocycles. The van der Waals surface area contributed by atoms with Crippen molar-refractivity contribution < 1.29 is 13.6 Å². The first-order valence-electron chi connectivity index (χ1n) is 6.80. The first kappa shape index (κ1) is 12.9. The van der Waals surface area contributed by atoms with Gasteiger partial charge in [-0.05, 0) is 31.4 Å². The highest BCUT2D eigenvalue weighted by Gasteiger charge is 2.22. The Morgan fingerprint density at radius 3 is 3.10 bits per heavy atom. The Hall–Kier alpha value is -2.11. The van der Waals surface area contributed by atoms with Gasteiger partial charge in [0.2, 0.25) is 5.91 Å². The van der Waals surface area contributed by atoms with E-state index in [1.807, 2.05) is 0 Å². The highest BCUT2D eigenvalue weighted by Crippen LogP contribution is 2.20. The van der Waals surface area contributed by atoms with Crippen LogP contribution in [0.5, 0.6) is 0 Å². The SMILES string of the molecule is O=C(CCCNc1nc2cc(F)ccc2o1)NC1CC1. The lowest BCUT2D eigenvalue weighted by Crippen LogP contribution is -2.25. The number of oxazole rings is 1. The summed E-state index contributed by atoms with van der Waals surface area (Å²) in [6.07, 6.45) is 3.39. The molecule has 0 unspecified atom stereocenters. The van der Waals surface area contributed by atoms with Crippen LogP contribution in [-0.2, 0) is 4.79 Å². The topological polar surface area (TPSA) is 67.2 Å². The van der Waals surface area contributed by atoms with Gasteiger partial charge in [-0.15, -0.1) is 0 Å². The van der Waals surface area contributed by atoms with Crippen molar-refractivity contribution in [2.45, 2.75) is 31.7 Å². The molecule has 0 bridgehead atoms. The smallest absolute Gasteiger partial charge is 0.295 e. The van der Waals surface area contributed by atoms with Gasteiger partial charge in [-0.25, -0.2) is 4.39 Å². The summed E-state index contributed by atoms with van der Waals surface area (Å²) < 4.78 is 18.4. The molecule has 3 rings (SSSR count). The number of aromatic nitrogens is 1. The van der Waals surface area contributed by atoms with Gasteiger partial charge in [-0.2, -0.15) is 4.98 Å². The number of hydrogen-bond donors (Lipinski definition) is 2. The zero-order valence-electron chi connectivity index (χ0n) is 11.0. The molecule has 0 atom stereocenters. The fourth-order valence-electron chi connectivity index (χ4n) is 1.95. The molecule has 1 aromatic carbocycles. The van der Waals surface area contributed by atoms with Crippen LogP contribution in [-0.4, -0.2) is 23.5 Å². The predicted molar refractivity (Wildman–Crippen MR) is 72.9 cm³/mol. The Morgan fingerprint density at radius 2 is 2.30 bits per heavy atom. The number of halogens is 1. The quantitative estimate of drug-likeness (QED) is 0.796. The van der Waals surface area contributed by atoms with Crippen LogP contribution >= 0.6 is 0 Å². The largest absolute Gasteiger partial charge is 0.424 e. The first-order chi connectivity index (χ1) is 9.70. The molecular weight excluding hydrogens is 261 g/mol. The van der Waals surface area contributed by atoms with Gasteiger partial charge in [-0.3, -0.25) is 4.79 Å². The van der Waals surface area contributed by atoms with Crippen molar-refractivity contribution in [1.29, 1.82) is 0 Å². The number of benzene rings is 1. The van der Waals surface area contributed by atoms with Crippen molar-refractivity contribution in [3.8, 4) is 0 Å². The maximum atomic E-state index is 13.0. The van der Waals surface area contributed by atoms with Gasteiger partial charge in [-0.1, -0.05) is 0 Å². The van der Waals surface area contributed by atoms with Gasteiger partial charge < -0.3 is 15.1 Å². The Balaban J connectivity index is 1.45. The standard InChI is InChI=1S/C14H16FN3O2/c15-9-3-6-12-11(8-9)18-14(20-12)16-7-1-2-13(19)17-10-4-5-10/h3,6,8,10H,1-2,4-5,7H2,(H,16,18)(H,17,19). The molecule has 106 valence electrons. The molecule has 6 heteroatoms. The van der Waals surface area contributed by atoms with Crippen molar-refractivity contribution in [1.82, 2.24) is 10.3 Å². The minimum atomic E-state index is -0.339. The van der Waals surface area contributed by atoms with E-state index >= 15 is 0 Å². The number of anilines is 1. The molecule has 0 radical (unpaired) electrons. The molecule has 0 aliphatic heterocycles. The molecular formula is C14H16FN3O2. The molecule has 1 amide bonds. The molecule has 0 spiro atoms. The van der Waals surface area contributed by atoms with Crippen LogP contribution in [0.25, 0.3) is 11.1 Å². The summed E-state index contributed by atoms with van der Waals surface area (Å²) in [5, 5.41) is 5.93. The fourth-order valence-corrected chi connectivity index (χ4v) is 1.95. The molecule has 1 heterocycles. The molecule has 1 fully saturated rings. The summed E-state index contributed by atoms with van der Waals surface area (Å²) in [7, 11) is 0. The van der Waals surface area contributed by atoms with Gasteiger partial charge >= 0.3 is 0 Å². The fraction of sp³-hybridized carbons (Fsp3) is 0.429. The van der Waals surface area contributed by atoms with Crippen LogP contribution in [0.2, 0.25) is 0 Å². The highest BCUT2D eigenvalue weighted by molar-refractivity contribution is 5.76. The second-order valence-electron chi connectivity index (χ2n) is 5.00. The van der Waals surface area contributed by atoms with E-state index in [1.54, 1.807) is 6.07 Å². The zero-order valence-corrected chi connectivity index (χ0v) is 11.0. The van der Waals surface area contributed by atoms with E-state index in [4.69, 9.17) is 4.42 Å². The summed E-state index contributed by atoms with van der Waals surface area (Å²) in [6, 6.07) is 4.97. The summed E-state index contributed by atoms with van der Waals surface area (Å²) in [6.45, 7) is 0.591.